The average Bonchev–Trinajstić information content (AvgIpc) is 2.72. The number of likely N-dealkylation sites (tertiary alicyclic amines) is 1. The Hall–Kier alpha value is -1.00. The van der Waals surface area contributed by atoms with Crippen molar-refractivity contribution in [2.45, 2.75) is 26.3 Å². The predicted octanol–water partition coefficient (Wildman–Crippen LogP) is 2.70. The van der Waals surface area contributed by atoms with E-state index < -0.39 is 11.6 Å². The summed E-state index contributed by atoms with van der Waals surface area (Å²) in [4.78, 5) is 2.21. The molecule has 1 aliphatic heterocycles. The number of nitrogens with zero attached hydrogens (tertiary/aromatic N) is 1. The minimum absolute atomic E-state index is 0.0426. The summed E-state index contributed by atoms with van der Waals surface area (Å²) >= 11 is 0. The van der Waals surface area contributed by atoms with Crippen molar-refractivity contribution in [3.8, 4) is 0 Å². The van der Waals surface area contributed by atoms with Gasteiger partial charge in [0.1, 0.15) is 11.6 Å². The quantitative estimate of drug-likeness (QED) is 0.898. The Morgan fingerprint density at radius 2 is 2.17 bits per heavy atom. The van der Waals surface area contributed by atoms with Crippen LogP contribution < -0.4 is 5.73 Å². The van der Waals surface area contributed by atoms with Crippen LogP contribution >= 0.6 is 0 Å². The lowest BCUT2D eigenvalue weighted by atomic mass is 9.90. The second-order valence-electron chi connectivity index (χ2n) is 5.58. The molecule has 2 nitrogen and oxygen atoms in total. The van der Waals surface area contributed by atoms with Gasteiger partial charge in [0.05, 0.1) is 0 Å². The molecule has 4 heteroatoms. The zero-order chi connectivity index (χ0) is 13.3. The van der Waals surface area contributed by atoms with Gasteiger partial charge >= 0.3 is 0 Å². The third kappa shape index (κ3) is 2.54. The third-order valence-corrected chi connectivity index (χ3v) is 4.04. The van der Waals surface area contributed by atoms with Crippen LogP contribution in [0.4, 0.5) is 8.78 Å². The molecule has 1 heterocycles. The summed E-state index contributed by atoms with van der Waals surface area (Å²) < 4.78 is 26.6. The van der Waals surface area contributed by atoms with Crippen LogP contribution in [0.15, 0.2) is 18.2 Å². The number of halogens is 2. The highest BCUT2D eigenvalue weighted by Gasteiger charge is 2.35. The zero-order valence-electron chi connectivity index (χ0n) is 10.9. The van der Waals surface area contributed by atoms with E-state index in [-0.39, 0.29) is 11.5 Å². The molecule has 0 saturated carbocycles. The number of rotatable bonds is 3. The van der Waals surface area contributed by atoms with Crippen molar-refractivity contribution in [1.29, 1.82) is 0 Å². The standard InChI is InChI=1S/C14H20F2N2/c1-10(12-4-3-11(15)7-13(12)16)18-6-5-14(2,8-17)9-18/h3-4,7,10H,5-6,8-9,17H2,1-2H3. The molecular formula is C14H20F2N2. The van der Waals surface area contributed by atoms with Gasteiger partial charge in [-0.1, -0.05) is 13.0 Å². The molecule has 1 aromatic carbocycles. The Kier molecular flexibility index (Phi) is 3.69. The van der Waals surface area contributed by atoms with Crippen LogP contribution in [0.5, 0.6) is 0 Å². The van der Waals surface area contributed by atoms with E-state index in [0.29, 0.717) is 12.1 Å². The first-order valence-electron chi connectivity index (χ1n) is 6.34. The van der Waals surface area contributed by atoms with Gasteiger partial charge in [-0.2, -0.15) is 0 Å². The summed E-state index contributed by atoms with van der Waals surface area (Å²) in [5.74, 6) is -1.000. The Balaban J connectivity index is 2.15. The molecule has 0 amide bonds. The van der Waals surface area contributed by atoms with Gasteiger partial charge in [-0.3, -0.25) is 4.90 Å². The highest BCUT2D eigenvalue weighted by molar-refractivity contribution is 5.22. The highest BCUT2D eigenvalue weighted by atomic mass is 19.1. The monoisotopic (exact) mass is 254 g/mol. The molecule has 1 aromatic rings. The fraction of sp³-hybridized carbons (Fsp3) is 0.571. The molecule has 0 aliphatic carbocycles. The van der Waals surface area contributed by atoms with Crippen molar-refractivity contribution >= 4 is 0 Å². The van der Waals surface area contributed by atoms with E-state index in [2.05, 4.69) is 11.8 Å². The number of hydrogen-bond donors (Lipinski definition) is 1. The summed E-state index contributed by atoms with van der Waals surface area (Å²) in [5.41, 5.74) is 6.44. The van der Waals surface area contributed by atoms with Crippen molar-refractivity contribution < 1.29 is 8.78 Å². The van der Waals surface area contributed by atoms with E-state index in [0.717, 1.165) is 25.6 Å². The van der Waals surface area contributed by atoms with Crippen LogP contribution in [0.3, 0.4) is 0 Å². The molecule has 2 atom stereocenters. The van der Waals surface area contributed by atoms with Gasteiger partial charge in [-0.15, -0.1) is 0 Å². The topological polar surface area (TPSA) is 29.3 Å². The maximum Gasteiger partial charge on any atom is 0.130 e. The molecule has 0 spiro atoms. The smallest absolute Gasteiger partial charge is 0.130 e. The minimum Gasteiger partial charge on any atom is -0.330 e. The summed E-state index contributed by atoms with van der Waals surface area (Å²) in [6.45, 7) is 6.52. The molecule has 18 heavy (non-hydrogen) atoms. The molecule has 2 rings (SSSR count). The molecule has 1 fully saturated rings. The van der Waals surface area contributed by atoms with Crippen molar-refractivity contribution in [1.82, 2.24) is 4.90 Å². The lowest BCUT2D eigenvalue weighted by Gasteiger charge is -2.27. The molecule has 1 saturated heterocycles. The number of hydrogen-bond acceptors (Lipinski definition) is 2. The first kappa shape index (κ1) is 13.4. The van der Waals surface area contributed by atoms with Gasteiger partial charge in [-0.05, 0) is 37.9 Å². The van der Waals surface area contributed by atoms with E-state index >= 15 is 0 Å². The molecule has 100 valence electrons. The van der Waals surface area contributed by atoms with E-state index in [1.165, 1.54) is 12.1 Å². The van der Waals surface area contributed by atoms with E-state index in [4.69, 9.17) is 5.73 Å². The second-order valence-corrected chi connectivity index (χ2v) is 5.58. The molecule has 0 aromatic heterocycles. The Bertz CT molecular complexity index is 436. The average molecular weight is 254 g/mol. The van der Waals surface area contributed by atoms with Crippen molar-refractivity contribution in [2.24, 2.45) is 11.1 Å². The molecule has 0 bridgehead atoms. The van der Waals surface area contributed by atoms with E-state index in [1.807, 2.05) is 6.92 Å². The van der Waals surface area contributed by atoms with E-state index in [1.54, 1.807) is 0 Å². The van der Waals surface area contributed by atoms with Gasteiger partial charge in [-0.25, -0.2) is 8.78 Å². The second kappa shape index (κ2) is 4.94. The zero-order valence-corrected chi connectivity index (χ0v) is 10.9. The van der Waals surface area contributed by atoms with Gasteiger partial charge in [0.2, 0.25) is 0 Å². The van der Waals surface area contributed by atoms with Crippen molar-refractivity contribution in [2.75, 3.05) is 19.6 Å². The van der Waals surface area contributed by atoms with Gasteiger partial charge in [0, 0.05) is 24.2 Å². The van der Waals surface area contributed by atoms with Gasteiger partial charge < -0.3 is 5.73 Å². The van der Waals surface area contributed by atoms with Crippen LogP contribution in [-0.2, 0) is 0 Å². The third-order valence-electron chi connectivity index (χ3n) is 4.04. The van der Waals surface area contributed by atoms with Crippen molar-refractivity contribution in [3.63, 3.8) is 0 Å². The van der Waals surface area contributed by atoms with Gasteiger partial charge in [0.15, 0.2) is 0 Å². The molecule has 2 N–H and O–H groups in total. The van der Waals surface area contributed by atoms with Crippen LogP contribution in [0.2, 0.25) is 0 Å². The minimum atomic E-state index is -0.531. The van der Waals surface area contributed by atoms with Crippen LogP contribution in [0, 0.1) is 17.0 Å². The Morgan fingerprint density at radius 1 is 1.44 bits per heavy atom. The SMILES string of the molecule is CC(c1ccc(F)cc1F)N1CCC(C)(CN)C1. The lowest BCUT2D eigenvalue weighted by molar-refractivity contribution is 0.223. The van der Waals surface area contributed by atoms with Gasteiger partial charge in [0.25, 0.3) is 0 Å². The largest absolute Gasteiger partial charge is 0.330 e. The summed E-state index contributed by atoms with van der Waals surface area (Å²) in [5, 5.41) is 0. The van der Waals surface area contributed by atoms with Crippen LogP contribution in [-0.4, -0.2) is 24.5 Å². The van der Waals surface area contributed by atoms with Crippen molar-refractivity contribution in [3.05, 3.63) is 35.4 Å². The van der Waals surface area contributed by atoms with Crippen LogP contribution in [0.1, 0.15) is 31.9 Å². The summed E-state index contributed by atoms with van der Waals surface area (Å²) in [6.07, 6.45) is 1.02. The molecule has 0 radical (unpaired) electrons. The van der Waals surface area contributed by atoms with Crippen LogP contribution in [0.25, 0.3) is 0 Å². The maximum absolute atomic E-state index is 13.7. The van der Waals surface area contributed by atoms with E-state index in [9.17, 15) is 8.78 Å². The summed E-state index contributed by atoms with van der Waals surface area (Å²) in [6, 6.07) is 3.75. The Labute approximate surface area is 107 Å². The first-order valence-corrected chi connectivity index (χ1v) is 6.34. The fourth-order valence-corrected chi connectivity index (χ4v) is 2.60. The highest BCUT2D eigenvalue weighted by Crippen LogP contribution is 2.35. The predicted molar refractivity (Wildman–Crippen MR) is 68.1 cm³/mol. The molecule has 1 aliphatic rings. The normalized spacial score (nSPS) is 26.5. The fourth-order valence-electron chi connectivity index (χ4n) is 2.60. The Morgan fingerprint density at radius 3 is 2.72 bits per heavy atom. The summed E-state index contributed by atoms with van der Waals surface area (Å²) in [7, 11) is 0. The molecular weight excluding hydrogens is 234 g/mol. The number of benzene rings is 1. The first-order chi connectivity index (χ1) is 8.45. The maximum atomic E-state index is 13.7. The lowest BCUT2D eigenvalue weighted by Crippen LogP contribution is -2.32. The number of nitrogens with two attached hydrogens (primary N) is 1. The molecule has 2 unspecified atom stereocenters.